The Labute approximate surface area is 122 Å². The SMILES string of the molecule is Cc1cc(NCCNC(=O)c2ccccc2F)nc(C)n1. The molecule has 0 spiro atoms. The Kier molecular flexibility index (Phi) is 4.81. The van der Waals surface area contributed by atoms with E-state index in [1.165, 1.54) is 12.1 Å². The van der Waals surface area contributed by atoms with Gasteiger partial charge in [0.05, 0.1) is 5.56 Å². The van der Waals surface area contributed by atoms with Gasteiger partial charge in [-0.1, -0.05) is 12.1 Å². The van der Waals surface area contributed by atoms with Crippen molar-refractivity contribution in [1.82, 2.24) is 15.3 Å². The Balaban J connectivity index is 1.82. The van der Waals surface area contributed by atoms with Crippen LogP contribution in [0, 0.1) is 19.7 Å². The van der Waals surface area contributed by atoms with E-state index in [-0.39, 0.29) is 5.56 Å². The van der Waals surface area contributed by atoms with Crippen molar-refractivity contribution in [1.29, 1.82) is 0 Å². The van der Waals surface area contributed by atoms with Crippen LogP contribution in [0.3, 0.4) is 0 Å². The fourth-order valence-electron chi connectivity index (χ4n) is 1.91. The molecule has 2 aromatic rings. The van der Waals surface area contributed by atoms with Crippen LogP contribution in [0.5, 0.6) is 0 Å². The number of anilines is 1. The van der Waals surface area contributed by atoms with E-state index in [4.69, 9.17) is 0 Å². The number of amides is 1. The van der Waals surface area contributed by atoms with Gasteiger partial charge in [0.25, 0.3) is 5.91 Å². The smallest absolute Gasteiger partial charge is 0.254 e. The van der Waals surface area contributed by atoms with Crippen molar-refractivity contribution in [2.24, 2.45) is 0 Å². The van der Waals surface area contributed by atoms with Crippen LogP contribution in [0.1, 0.15) is 21.9 Å². The normalized spacial score (nSPS) is 10.2. The van der Waals surface area contributed by atoms with Gasteiger partial charge in [-0.25, -0.2) is 14.4 Å². The average molecular weight is 288 g/mol. The number of nitrogens with zero attached hydrogens (tertiary/aromatic N) is 2. The lowest BCUT2D eigenvalue weighted by Crippen LogP contribution is -2.29. The maximum absolute atomic E-state index is 13.4. The highest BCUT2D eigenvalue weighted by atomic mass is 19.1. The monoisotopic (exact) mass is 288 g/mol. The summed E-state index contributed by atoms with van der Waals surface area (Å²) in [6.07, 6.45) is 0. The van der Waals surface area contributed by atoms with Crippen molar-refractivity contribution in [2.75, 3.05) is 18.4 Å². The molecule has 1 amide bonds. The van der Waals surface area contributed by atoms with Gasteiger partial charge in [0.1, 0.15) is 17.5 Å². The molecule has 0 radical (unpaired) electrons. The molecule has 0 saturated heterocycles. The van der Waals surface area contributed by atoms with Gasteiger partial charge in [-0.05, 0) is 26.0 Å². The molecule has 2 N–H and O–H groups in total. The van der Waals surface area contributed by atoms with Gasteiger partial charge in [0.2, 0.25) is 0 Å². The zero-order chi connectivity index (χ0) is 15.2. The van der Waals surface area contributed by atoms with Crippen LogP contribution in [0.2, 0.25) is 0 Å². The van der Waals surface area contributed by atoms with E-state index in [2.05, 4.69) is 20.6 Å². The highest BCUT2D eigenvalue weighted by Crippen LogP contribution is 2.06. The maximum Gasteiger partial charge on any atom is 0.254 e. The highest BCUT2D eigenvalue weighted by molar-refractivity contribution is 5.94. The number of hydrogen-bond acceptors (Lipinski definition) is 4. The van der Waals surface area contributed by atoms with Gasteiger partial charge in [0, 0.05) is 24.8 Å². The van der Waals surface area contributed by atoms with Gasteiger partial charge in [-0.3, -0.25) is 4.79 Å². The summed E-state index contributed by atoms with van der Waals surface area (Å²) in [5, 5.41) is 5.74. The first-order valence-electron chi connectivity index (χ1n) is 6.65. The molecule has 2 rings (SSSR count). The van der Waals surface area contributed by atoms with E-state index in [1.807, 2.05) is 19.9 Å². The Hall–Kier alpha value is -2.50. The number of benzene rings is 1. The standard InChI is InChI=1S/C15H17FN4O/c1-10-9-14(20-11(2)19-10)17-7-8-18-15(21)12-5-3-4-6-13(12)16/h3-6,9H,7-8H2,1-2H3,(H,18,21)(H,17,19,20). The third-order valence-electron chi connectivity index (χ3n) is 2.80. The Morgan fingerprint density at radius 1 is 1.19 bits per heavy atom. The fraction of sp³-hybridized carbons (Fsp3) is 0.267. The number of nitrogens with one attached hydrogen (secondary N) is 2. The van der Waals surface area contributed by atoms with Crippen LogP contribution in [-0.2, 0) is 0 Å². The zero-order valence-electron chi connectivity index (χ0n) is 12.0. The summed E-state index contributed by atoms with van der Waals surface area (Å²) in [7, 11) is 0. The van der Waals surface area contributed by atoms with Gasteiger partial charge in [-0.15, -0.1) is 0 Å². The lowest BCUT2D eigenvalue weighted by molar-refractivity contribution is 0.0951. The number of carbonyl (C=O) groups is 1. The van der Waals surface area contributed by atoms with Gasteiger partial charge >= 0.3 is 0 Å². The molecular formula is C15H17FN4O. The molecule has 0 bridgehead atoms. The summed E-state index contributed by atoms with van der Waals surface area (Å²) in [5.74, 6) is 0.447. The van der Waals surface area contributed by atoms with E-state index in [0.717, 1.165) is 5.69 Å². The van der Waals surface area contributed by atoms with Crippen LogP contribution in [0.15, 0.2) is 30.3 Å². The maximum atomic E-state index is 13.4. The lowest BCUT2D eigenvalue weighted by atomic mass is 10.2. The van der Waals surface area contributed by atoms with E-state index < -0.39 is 11.7 Å². The van der Waals surface area contributed by atoms with Crippen LogP contribution in [-0.4, -0.2) is 29.0 Å². The minimum Gasteiger partial charge on any atom is -0.368 e. The minimum absolute atomic E-state index is 0.0474. The number of halogens is 1. The molecule has 1 heterocycles. The number of carbonyl (C=O) groups excluding carboxylic acids is 1. The average Bonchev–Trinajstić information content (AvgIpc) is 2.43. The van der Waals surface area contributed by atoms with Gasteiger partial charge in [-0.2, -0.15) is 0 Å². The third-order valence-corrected chi connectivity index (χ3v) is 2.80. The first kappa shape index (κ1) is 14.9. The second-order valence-electron chi connectivity index (χ2n) is 4.60. The quantitative estimate of drug-likeness (QED) is 0.827. The van der Waals surface area contributed by atoms with Crippen molar-refractivity contribution in [2.45, 2.75) is 13.8 Å². The number of aryl methyl sites for hydroxylation is 2. The third kappa shape index (κ3) is 4.24. The highest BCUT2D eigenvalue weighted by Gasteiger charge is 2.09. The largest absolute Gasteiger partial charge is 0.368 e. The van der Waals surface area contributed by atoms with E-state index in [0.29, 0.717) is 24.7 Å². The summed E-state index contributed by atoms with van der Waals surface area (Å²) in [6.45, 7) is 4.57. The molecule has 6 heteroatoms. The fourth-order valence-corrected chi connectivity index (χ4v) is 1.91. The van der Waals surface area contributed by atoms with E-state index in [1.54, 1.807) is 12.1 Å². The molecule has 0 atom stereocenters. The van der Waals surface area contributed by atoms with Crippen molar-refractivity contribution >= 4 is 11.7 Å². The van der Waals surface area contributed by atoms with Gasteiger partial charge in [0.15, 0.2) is 0 Å². The van der Waals surface area contributed by atoms with Gasteiger partial charge < -0.3 is 10.6 Å². The van der Waals surface area contributed by atoms with E-state index >= 15 is 0 Å². The lowest BCUT2D eigenvalue weighted by Gasteiger charge is -2.09. The van der Waals surface area contributed by atoms with Crippen molar-refractivity contribution < 1.29 is 9.18 Å². The molecule has 0 saturated carbocycles. The first-order chi connectivity index (χ1) is 10.1. The predicted molar refractivity (Wildman–Crippen MR) is 78.7 cm³/mol. The Morgan fingerprint density at radius 2 is 1.95 bits per heavy atom. The molecule has 0 fully saturated rings. The zero-order valence-corrected chi connectivity index (χ0v) is 12.0. The van der Waals surface area contributed by atoms with E-state index in [9.17, 15) is 9.18 Å². The van der Waals surface area contributed by atoms with Crippen LogP contribution < -0.4 is 10.6 Å². The Morgan fingerprint density at radius 3 is 2.67 bits per heavy atom. The molecule has 0 aliphatic heterocycles. The number of hydrogen-bond donors (Lipinski definition) is 2. The summed E-state index contributed by atoms with van der Waals surface area (Å²) >= 11 is 0. The second-order valence-corrected chi connectivity index (χ2v) is 4.60. The number of aromatic nitrogens is 2. The topological polar surface area (TPSA) is 66.9 Å². The summed E-state index contributed by atoms with van der Waals surface area (Å²) in [5.41, 5.74) is 0.923. The predicted octanol–water partition coefficient (Wildman–Crippen LogP) is 2.07. The molecule has 110 valence electrons. The van der Waals surface area contributed by atoms with Crippen LogP contribution in [0.4, 0.5) is 10.2 Å². The first-order valence-corrected chi connectivity index (χ1v) is 6.65. The molecule has 1 aromatic carbocycles. The molecule has 5 nitrogen and oxygen atoms in total. The summed E-state index contributed by atoms with van der Waals surface area (Å²) < 4.78 is 13.4. The summed E-state index contributed by atoms with van der Waals surface area (Å²) in [6, 6.07) is 7.72. The molecule has 1 aromatic heterocycles. The summed E-state index contributed by atoms with van der Waals surface area (Å²) in [4.78, 5) is 20.2. The van der Waals surface area contributed by atoms with Crippen LogP contribution in [0.25, 0.3) is 0 Å². The molecule has 0 unspecified atom stereocenters. The van der Waals surface area contributed by atoms with Crippen molar-refractivity contribution in [3.05, 3.63) is 53.2 Å². The molecular weight excluding hydrogens is 271 g/mol. The van der Waals surface area contributed by atoms with Crippen LogP contribution >= 0.6 is 0 Å². The molecule has 0 aliphatic carbocycles. The second kappa shape index (κ2) is 6.78. The van der Waals surface area contributed by atoms with Crippen molar-refractivity contribution in [3.8, 4) is 0 Å². The van der Waals surface area contributed by atoms with Crippen molar-refractivity contribution in [3.63, 3.8) is 0 Å². The minimum atomic E-state index is -0.523. The molecule has 0 aliphatic rings. The number of rotatable bonds is 5. The Bertz CT molecular complexity index is 625. The molecule has 21 heavy (non-hydrogen) atoms.